The first-order chi connectivity index (χ1) is 14.8. The number of hydrazone groups is 1. The van der Waals surface area contributed by atoms with Gasteiger partial charge in [0.25, 0.3) is 15.9 Å². The fraction of sp³-hybridized carbons (Fsp3) is 0.167. The zero-order chi connectivity index (χ0) is 22.4. The van der Waals surface area contributed by atoms with E-state index in [1.165, 1.54) is 6.21 Å². The zero-order valence-corrected chi connectivity index (χ0v) is 18.6. The molecule has 0 spiro atoms. The number of rotatable bonds is 7. The maximum absolute atomic E-state index is 13.3. The average Bonchev–Trinajstić information content (AvgIpc) is 2.74. The summed E-state index contributed by atoms with van der Waals surface area (Å²) in [5, 5.41) is 3.95. The van der Waals surface area contributed by atoms with E-state index in [2.05, 4.69) is 10.5 Å². The second kappa shape index (κ2) is 9.57. The first-order valence-electron chi connectivity index (χ1n) is 9.80. The Bertz CT molecular complexity index is 1170. The number of benzene rings is 3. The van der Waals surface area contributed by atoms with Crippen LogP contribution in [0.1, 0.15) is 22.3 Å². The standard InChI is InChI=1S/C24H25N3O3S/c1-18-4-10-21(11-5-18)16-25-26-24(28)17-27(22-12-6-19(2)7-13-22)31(29,30)23-14-8-20(3)9-15-23/h4-16H,17H2,1-3H3,(H,26,28). The smallest absolute Gasteiger partial charge is 0.264 e. The zero-order valence-electron chi connectivity index (χ0n) is 17.7. The molecule has 3 rings (SSSR count). The van der Waals surface area contributed by atoms with Crippen LogP contribution in [0.4, 0.5) is 5.69 Å². The molecule has 0 atom stereocenters. The second-order valence-electron chi connectivity index (χ2n) is 7.36. The van der Waals surface area contributed by atoms with Crippen LogP contribution in [0.2, 0.25) is 0 Å². The molecule has 1 N–H and O–H groups in total. The minimum absolute atomic E-state index is 0.120. The van der Waals surface area contributed by atoms with Gasteiger partial charge in [0.05, 0.1) is 16.8 Å². The van der Waals surface area contributed by atoms with Crippen molar-refractivity contribution in [2.24, 2.45) is 5.10 Å². The molecule has 6 nitrogen and oxygen atoms in total. The summed E-state index contributed by atoms with van der Waals surface area (Å²) in [6.45, 7) is 5.38. The summed E-state index contributed by atoms with van der Waals surface area (Å²) in [4.78, 5) is 12.7. The highest BCUT2D eigenvalue weighted by atomic mass is 32.2. The Labute approximate surface area is 183 Å². The van der Waals surface area contributed by atoms with Crippen molar-refractivity contribution in [3.8, 4) is 0 Å². The van der Waals surface area contributed by atoms with Crippen LogP contribution in [-0.4, -0.2) is 27.1 Å². The largest absolute Gasteiger partial charge is 0.271 e. The lowest BCUT2D eigenvalue weighted by Gasteiger charge is -2.24. The maximum atomic E-state index is 13.3. The number of nitrogens with zero attached hydrogens (tertiary/aromatic N) is 2. The highest BCUT2D eigenvalue weighted by Crippen LogP contribution is 2.24. The molecule has 0 heterocycles. The summed E-state index contributed by atoms with van der Waals surface area (Å²) < 4.78 is 27.7. The van der Waals surface area contributed by atoms with E-state index in [1.54, 1.807) is 48.5 Å². The van der Waals surface area contributed by atoms with E-state index in [4.69, 9.17) is 0 Å². The molecule has 0 aliphatic rings. The lowest BCUT2D eigenvalue weighted by atomic mass is 10.2. The summed E-state index contributed by atoms with van der Waals surface area (Å²) in [7, 11) is -3.94. The molecule has 0 unspecified atom stereocenters. The van der Waals surface area contributed by atoms with Crippen LogP contribution >= 0.6 is 0 Å². The normalized spacial score (nSPS) is 11.5. The topological polar surface area (TPSA) is 78.8 Å². The van der Waals surface area contributed by atoms with Gasteiger partial charge in [-0.2, -0.15) is 5.10 Å². The number of carbonyl (C=O) groups excluding carboxylic acids is 1. The van der Waals surface area contributed by atoms with Gasteiger partial charge in [-0.25, -0.2) is 13.8 Å². The Morgan fingerprint density at radius 1 is 0.839 bits per heavy atom. The summed E-state index contributed by atoms with van der Waals surface area (Å²) in [5.41, 5.74) is 6.71. The van der Waals surface area contributed by atoms with Gasteiger partial charge < -0.3 is 0 Å². The van der Waals surface area contributed by atoms with Crippen molar-refractivity contribution in [3.63, 3.8) is 0 Å². The van der Waals surface area contributed by atoms with Crippen molar-refractivity contribution in [2.45, 2.75) is 25.7 Å². The van der Waals surface area contributed by atoms with E-state index < -0.39 is 22.5 Å². The van der Waals surface area contributed by atoms with Crippen LogP contribution in [0.25, 0.3) is 0 Å². The Kier molecular flexibility index (Phi) is 6.87. The third kappa shape index (κ3) is 5.79. The molecule has 31 heavy (non-hydrogen) atoms. The van der Waals surface area contributed by atoms with Crippen LogP contribution in [0.3, 0.4) is 0 Å². The van der Waals surface area contributed by atoms with Gasteiger partial charge in [-0.3, -0.25) is 9.10 Å². The van der Waals surface area contributed by atoms with Gasteiger partial charge in [-0.15, -0.1) is 0 Å². The molecule has 160 valence electrons. The van der Waals surface area contributed by atoms with Gasteiger partial charge in [0.15, 0.2) is 0 Å². The number of hydrogen-bond acceptors (Lipinski definition) is 4. The van der Waals surface area contributed by atoms with Crippen molar-refractivity contribution >= 4 is 27.8 Å². The first-order valence-corrected chi connectivity index (χ1v) is 11.2. The van der Waals surface area contributed by atoms with E-state index in [0.29, 0.717) is 5.69 Å². The third-order valence-corrected chi connectivity index (χ3v) is 6.49. The van der Waals surface area contributed by atoms with Crippen LogP contribution < -0.4 is 9.73 Å². The molecule has 7 heteroatoms. The van der Waals surface area contributed by atoms with E-state index in [1.807, 2.05) is 45.0 Å². The van der Waals surface area contributed by atoms with Gasteiger partial charge in [0.2, 0.25) is 0 Å². The van der Waals surface area contributed by atoms with Crippen molar-refractivity contribution in [2.75, 3.05) is 10.8 Å². The monoisotopic (exact) mass is 435 g/mol. The van der Waals surface area contributed by atoms with Gasteiger partial charge in [-0.05, 0) is 50.6 Å². The van der Waals surface area contributed by atoms with Crippen molar-refractivity contribution in [1.82, 2.24) is 5.43 Å². The third-order valence-electron chi connectivity index (χ3n) is 4.70. The average molecular weight is 436 g/mol. The predicted molar refractivity (Wildman–Crippen MR) is 124 cm³/mol. The molecule has 0 radical (unpaired) electrons. The number of carbonyl (C=O) groups is 1. The highest BCUT2D eigenvalue weighted by Gasteiger charge is 2.27. The molecule has 0 aliphatic heterocycles. The molecule has 0 saturated heterocycles. The number of aryl methyl sites for hydroxylation is 3. The molecule has 0 bridgehead atoms. The van der Waals surface area contributed by atoms with Crippen molar-refractivity contribution in [1.29, 1.82) is 0 Å². The molecule has 0 saturated carbocycles. The summed E-state index contributed by atoms with van der Waals surface area (Å²) >= 11 is 0. The maximum Gasteiger partial charge on any atom is 0.264 e. The molecular weight excluding hydrogens is 410 g/mol. The Morgan fingerprint density at radius 2 is 1.32 bits per heavy atom. The van der Waals surface area contributed by atoms with Crippen LogP contribution in [0.5, 0.6) is 0 Å². The molecule has 0 aromatic heterocycles. The lowest BCUT2D eigenvalue weighted by molar-refractivity contribution is -0.119. The molecule has 0 aliphatic carbocycles. The summed E-state index contributed by atoms with van der Waals surface area (Å²) in [6.07, 6.45) is 1.52. The first kappa shape index (κ1) is 22.2. The number of hydrogen-bond donors (Lipinski definition) is 1. The number of sulfonamides is 1. The quantitative estimate of drug-likeness (QED) is 0.451. The lowest BCUT2D eigenvalue weighted by Crippen LogP contribution is -2.39. The predicted octanol–water partition coefficient (Wildman–Crippen LogP) is 3.96. The molecule has 3 aromatic rings. The van der Waals surface area contributed by atoms with Crippen LogP contribution in [0, 0.1) is 20.8 Å². The van der Waals surface area contributed by atoms with Gasteiger partial charge in [-0.1, -0.05) is 65.2 Å². The van der Waals surface area contributed by atoms with Crippen LogP contribution in [-0.2, 0) is 14.8 Å². The Hall–Kier alpha value is -3.45. The minimum Gasteiger partial charge on any atom is -0.271 e. The highest BCUT2D eigenvalue weighted by molar-refractivity contribution is 7.92. The second-order valence-corrected chi connectivity index (χ2v) is 9.23. The minimum atomic E-state index is -3.94. The Balaban J connectivity index is 1.82. The van der Waals surface area contributed by atoms with E-state index in [0.717, 1.165) is 26.6 Å². The van der Waals surface area contributed by atoms with Crippen LogP contribution in [0.15, 0.2) is 82.8 Å². The van der Waals surface area contributed by atoms with Gasteiger partial charge >= 0.3 is 0 Å². The van der Waals surface area contributed by atoms with Crippen molar-refractivity contribution in [3.05, 3.63) is 95.1 Å². The summed E-state index contributed by atoms with van der Waals surface area (Å²) in [6, 6.07) is 21.2. The Morgan fingerprint density at radius 3 is 1.87 bits per heavy atom. The molecular formula is C24H25N3O3S. The molecule has 0 fully saturated rings. The van der Waals surface area contributed by atoms with Gasteiger partial charge in [0, 0.05) is 0 Å². The number of nitrogens with one attached hydrogen (secondary N) is 1. The summed E-state index contributed by atoms with van der Waals surface area (Å²) in [5.74, 6) is -0.542. The van der Waals surface area contributed by atoms with E-state index >= 15 is 0 Å². The number of amides is 1. The number of anilines is 1. The van der Waals surface area contributed by atoms with Crippen molar-refractivity contribution < 1.29 is 13.2 Å². The fourth-order valence-electron chi connectivity index (χ4n) is 2.86. The van der Waals surface area contributed by atoms with E-state index in [9.17, 15) is 13.2 Å². The SMILES string of the molecule is Cc1ccc(C=NNC(=O)CN(c2ccc(C)cc2)S(=O)(=O)c2ccc(C)cc2)cc1. The fourth-order valence-corrected chi connectivity index (χ4v) is 4.28. The molecule has 1 amide bonds. The molecule has 3 aromatic carbocycles. The van der Waals surface area contributed by atoms with E-state index in [-0.39, 0.29) is 4.90 Å². The van der Waals surface area contributed by atoms with Gasteiger partial charge in [0.1, 0.15) is 6.54 Å².